The number of rotatable bonds is 5. The number of aryl methyl sites for hydroxylation is 1. The van der Waals surface area contributed by atoms with Crippen LogP contribution in [0.3, 0.4) is 0 Å². The maximum Gasteiger partial charge on any atom is 0.275 e. The molecule has 0 aliphatic carbocycles. The Morgan fingerprint density at radius 2 is 2.13 bits per heavy atom. The highest BCUT2D eigenvalue weighted by atomic mass is 16.5. The lowest BCUT2D eigenvalue weighted by molar-refractivity contribution is -0.892. The molecule has 0 bridgehead atoms. The van der Waals surface area contributed by atoms with Crippen LogP contribution in [0.15, 0.2) is 24.3 Å². The molecule has 0 aromatic heterocycles. The summed E-state index contributed by atoms with van der Waals surface area (Å²) >= 11 is 0. The number of hydrogen-bond donors (Lipinski definition) is 2. The van der Waals surface area contributed by atoms with Gasteiger partial charge in [-0.25, -0.2) is 0 Å². The summed E-state index contributed by atoms with van der Waals surface area (Å²) in [5, 5.41) is 3.03. The Hall–Kier alpha value is -1.59. The highest BCUT2D eigenvalue weighted by Gasteiger charge is 2.23. The van der Waals surface area contributed by atoms with E-state index in [1.54, 1.807) is 0 Å². The van der Waals surface area contributed by atoms with Crippen LogP contribution in [-0.2, 0) is 9.53 Å². The van der Waals surface area contributed by atoms with Gasteiger partial charge < -0.3 is 19.9 Å². The van der Waals surface area contributed by atoms with Crippen molar-refractivity contribution in [1.29, 1.82) is 0 Å². The number of anilines is 1. The highest BCUT2D eigenvalue weighted by molar-refractivity contribution is 5.76. The van der Waals surface area contributed by atoms with Gasteiger partial charge in [-0.15, -0.1) is 0 Å². The van der Waals surface area contributed by atoms with Gasteiger partial charge in [-0.3, -0.25) is 4.79 Å². The van der Waals surface area contributed by atoms with E-state index in [9.17, 15) is 4.79 Å². The quantitative estimate of drug-likeness (QED) is 0.803. The Morgan fingerprint density at radius 3 is 2.83 bits per heavy atom. The third-order valence-corrected chi connectivity index (χ3v) is 4.89. The summed E-state index contributed by atoms with van der Waals surface area (Å²) in [7, 11) is 0. The highest BCUT2D eigenvalue weighted by Crippen LogP contribution is 2.18. The van der Waals surface area contributed by atoms with E-state index in [4.69, 9.17) is 4.74 Å². The molecule has 2 aliphatic rings. The van der Waals surface area contributed by atoms with Crippen LogP contribution in [0.25, 0.3) is 0 Å². The van der Waals surface area contributed by atoms with Crippen molar-refractivity contribution in [3.63, 3.8) is 0 Å². The minimum absolute atomic E-state index is 0.153. The second kappa shape index (κ2) is 7.79. The largest absolute Gasteiger partial charge is 0.376 e. The topological polar surface area (TPSA) is 46.0 Å². The SMILES string of the molecule is Cc1ccccc1N1CC[NH+](CC(=O)NC[C@H]2CCCO2)CC1. The predicted molar refractivity (Wildman–Crippen MR) is 90.9 cm³/mol. The number of para-hydroxylation sites is 1. The lowest BCUT2D eigenvalue weighted by Gasteiger charge is -2.34. The Balaban J connectivity index is 1.40. The summed E-state index contributed by atoms with van der Waals surface area (Å²) in [6.45, 7) is 8.30. The summed E-state index contributed by atoms with van der Waals surface area (Å²) in [6, 6.07) is 8.53. The minimum atomic E-state index is 0.153. The molecule has 2 saturated heterocycles. The first-order chi connectivity index (χ1) is 11.2. The number of nitrogens with one attached hydrogen (secondary N) is 2. The number of ether oxygens (including phenoxy) is 1. The lowest BCUT2D eigenvalue weighted by atomic mass is 10.1. The van der Waals surface area contributed by atoms with Crippen molar-refractivity contribution in [2.45, 2.75) is 25.9 Å². The van der Waals surface area contributed by atoms with Crippen LogP contribution in [-0.4, -0.2) is 57.9 Å². The number of hydrogen-bond acceptors (Lipinski definition) is 3. The van der Waals surface area contributed by atoms with Crippen LogP contribution in [0.5, 0.6) is 0 Å². The van der Waals surface area contributed by atoms with Crippen molar-refractivity contribution < 1.29 is 14.4 Å². The zero-order chi connectivity index (χ0) is 16.1. The van der Waals surface area contributed by atoms with Gasteiger partial charge in [-0.2, -0.15) is 0 Å². The molecule has 23 heavy (non-hydrogen) atoms. The van der Waals surface area contributed by atoms with Gasteiger partial charge in [0.15, 0.2) is 6.54 Å². The van der Waals surface area contributed by atoms with E-state index in [0.717, 1.165) is 45.6 Å². The van der Waals surface area contributed by atoms with E-state index in [0.29, 0.717) is 13.1 Å². The maximum absolute atomic E-state index is 12.1. The molecule has 2 N–H and O–H groups in total. The molecule has 0 unspecified atom stereocenters. The molecule has 0 radical (unpaired) electrons. The Labute approximate surface area is 138 Å². The molecule has 1 aromatic carbocycles. The summed E-state index contributed by atoms with van der Waals surface area (Å²) in [4.78, 5) is 15.9. The van der Waals surface area contributed by atoms with E-state index in [1.807, 2.05) is 0 Å². The van der Waals surface area contributed by atoms with Crippen molar-refractivity contribution >= 4 is 11.6 Å². The van der Waals surface area contributed by atoms with Crippen LogP contribution in [0, 0.1) is 6.92 Å². The number of carbonyl (C=O) groups excluding carboxylic acids is 1. The molecule has 5 nitrogen and oxygen atoms in total. The number of nitrogens with zero attached hydrogens (tertiary/aromatic N) is 1. The second-order valence-corrected chi connectivity index (χ2v) is 6.64. The van der Waals surface area contributed by atoms with Crippen molar-refractivity contribution in [1.82, 2.24) is 5.32 Å². The summed E-state index contributed by atoms with van der Waals surface area (Å²) < 4.78 is 5.54. The van der Waals surface area contributed by atoms with Gasteiger partial charge in [-0.1, -0.05) is 18.2 Å². The van der Waals surface area contributed by atoms with Crippen LogP contribution < -0.4 is 15.1 Å². The Morgan fingerprint density at radius 1 is 1.35 bits per heavy atom. The van der Waals surface area contributed by atoms with E-state index in [2.05, 4.69) is 41.4 Å². The fraction of sp³-hybridized carbons (Fsp3) is 0.611. The molecule has 3 rings (SSSR count). The Kier molecular flexibility index (Phi) is 5.51. The van der Waals surface area contributed by atoms with Crippen molar-refractivity contribution in [2.24, 2.45) is 0 Å². The monoisotopic (exact) mass is 318 g/mol. The van der Waals surface area contributed by atoms with Gasteiger partial charge in [0, 0.05) is 18.8 Å². The number of amides is 1. The molecule has 1 aromatic rings. The van der Waals surface area contributed by atoms with E-state index in [1.165, 1.54) is 16.2 Å². The summed E-state index contributed by atoms with van der Waals surface area (Å²) in [5.74, 6) is 0.153. The third kappa shape index (κ3) is 4.45. The predicted octanol–water partition coefficient (Wildman–Crippen LogP) is -0.00488. The van der Waals surface area contributed by atoms with Crippen LogP contribution in [0.4, 0.5) is 5.69 Å². The molecule has 2 fully saturated rings. The van der Waals surface area contributed by atoms with Gasteiger partial charge in [0.1, 0.15) is 0 Å². The number of quaternary nitrogens is 1. The van der Waals surface area contributed by atoms with Gasteiger partial charge in [0.25, 0.3) is 5.91 Å². The first kappa shape index (κ1) is 16.3. The molecule has 1 amide bonds. The molecule has 2 aliphatic heterocycles. The standard InChI is InChI=1S/C18H27N3O2/c1-15-5-2-3-7-17(15)21-10-8-20(9-11-21)14-18(22)19-13-16-6-4-12-23-16/h2-3,5,7,16H,4,6,8-14H2,1H3,(H,19,22)/p+1/t16-/m1/s1. The van der Waals surface area contributed by atoms with Crippen LogP contribution >= 0.6 is 0 Å². The second-order valence-electron chi connectivity index (χ2n) is 6.64. The summed E-state index contributed by atoms with van der Waals surface area (Å²) in [6.07, 6.45) is 2.42. The van der Waals surface area contributed by atoms with Crippen LogP contribution in [0.1, 0.15) is 18.4 Å². The molecule has 1 atom stereocenters. The molecule has 126 valence electrons. The number of benzene rings is 1. The molecule has 0 spiro atoms. The van der Waals surface area contributed by atoms with Crippen molar-refractivity contribution in [3.8, 4) is 0 Å². The zero-order valence-corrected chi connectivity index (χ0v) is 14.0. The van der Waals surface area contributed by atoms with Crippen LogP contribution in [0.2, 0.25) is 0 Å². The smallest absolute Gasteiger partial charge is 0.275 e. The van der Waals surface area contributed by atoms with E-state index >= 15 is 0 Å². The third-order valence-electron chi connectivity index (χ3n) is 4.89. The van der Waals surface area contributed by atoms with Crippen molar-refractivity contribution in [3.05, 3.63) is 29.8 Å². The van der Waals surface area contributed by atoms with E-state index < -0.39 is 0 Å². The first-order valence-electron chi connectivity index (χ1n) is 8.75. The van der Waals surface area contributed by atoms with Crippen molar-refractivity contribution in [2.75, 3.05) is 50.8 Å². The fourth-order valence-corrected chi connectivity index (χ4v) is 3.48. The average Bonchev–Trinajstić information content (AvgIpc) is 3.08. The normalized spacial score (nSPS) is 22.3. The van der Waals surface area contributed by atoms with Gasteiger partial charge >= 0.3 is 0 Å². The molecule has 0 saturated carbocycles. The molecular weight excluding hydrogens is 290 g/mol. The zero-order valence-electron chi connectivity index (χ0n) is 14.0. The number of piperazine rings is 1. The van der Waals surface area contributed by atoms with E-state index in [-0.39, 0.29) is 12.0 Å². The summed E-state index contributed by atoms with van der Waals surface area (Å²) in [5.41, 5.74) is 2.65. The maximum atomic E-state index is 12.1. The Bertz CT molecular complexity index is 521. The lowest BCUT2D eigenvalue weighted by Crippen LogP contribution is -3.16. The van der Waals surface area contributed by atoms with Gasteiger partial charge in [0.2, 0.25) is 0 Å². The molecular formula is C18H28N3O2+. The van der Waals surface area contributed by atoms with Gasteiger partial charge in [0.05, 0.1) is 32.3 Å². The van der Waals surface area contributed by atoms with Gasteiger partial charge in [-0.05, 0) is 31.4 Å². The first-order valence-corrected chi connectivity index (χ1v) is 8.75. The minimum Gasteiger partial charge on any atom is -0.376 e. The molecule has 5 heteroatoms. The average molecular weight is 318 g/mol. The number of carbonyl (C=O) groups is 1. The fourth-order valence-electron chi connectivity index (χ4n) is 3.48. The molecule has 2 heterocycles.